The van der Waals surface area contributed by atoms with E-state index in [0.29, 0.717) is 25.1 Å². The highest BCUT2D eigenvalue weighted by atomic mass is 19.1. The number of likely N-dealkylation sites (tertiary alicyclic amines) is 1. The van der Waals surface area contributed by atoms with Gasteiger partial charge >= 0.3 is 0 Å². The second kappa shape index (κ2) is 6.00. The standard InChI is InChI=1S/C19H18F2N2O/c20-13-4-5-17(21)16(8-13)19-9-14(24)11-23(19)10-12-2-1-3-18-15(12)6-7-22-18/h1-8,14,19,22,24H,9-11H2. The van der Waals surface area contributed by atoms with Crippen LogP contribution in [0.2, 0.25) is 0 Å². The van der Waals surface area contributed by atoms with Gasteiger partial charge in [-0.15, -0.1) is 0 Å². The predicted octanol–water partition coefficient (Wildman–Crippen LogP) is 3.75. The van der Waals surface area contributed by atoms with E-state index in [0.717, 1.165) is 28.6 Å². The summed E-state index contributed by atoms with van der Waals surface area (Å²) in [5, 5.41) is 11.2. The topological polar surface area (TPSA) is 39.3 Å². The number of nitrogens with one attached hydrogen (secondary N) is 1. The van der Waals surface area contributed by atoms with E-state index >= 15 is 0 Å². The van der Waals surface area contributed by atoms with Crippen molar-refractivity contribution in [1.29, 1.82) is 0 Å². The van der Waals surface area contributed by atoms with Gasteiger partial charge in [0.05, 0.1) is 6.10 Å². The summed E-state index contributed by atoms with van der Waals surface area (Å²) in [6, 6.07) is 11.2. The van der Waals surface area contributed by atoms with E-state index in [9.17, 15) is 13.9 Å². The van der Waals surface area contributed by atoms with Crippen LogP contribution in [0.3, 0.4) is 0 Å². The van der Waals surface area contributed by atoms with Crippen LogP contribution < -0.4 is 0 Å². The molecule has 2 N–H and O–H groups in total. The van der Waals surface area contributed by atoms with Crippen molar-refractivity contribution < 1.29 is 13.9 Å². The summed E-state index contributed by atoms with van der Waals surface area (Å²) in [7, 11) is 0. The number of hydrogen-bond donors (Lipinski definition) is 2. The molecule has 1 fully saturated rings. The van der Waals surface area contributed by atoms with Crippen molar-refractivity contribution in [3.63, 3.8) is 0 Å². The fourth-order valence-electron chi connectivity index (χ4n) is 3.65. The lowest BCUT2D eigenvalue weighted by atomic mass is 10.0. The molecule has 5 heteroatoms. The number of benzene rings is 2. The summed E-state index contributed by atoms with van der Waals surface area (Å²) in [6.07, 6.45) is 1.75. The van der Waals surface area contributed by atoms with Gasteiger partial charge in [-0.1, -0.05) is 12.1 Å². The molecule has 1 saturated heterocycles. The summed E-state index contributed by atoms with van der Waals surface area (Å²) >= 11 is 0. The maximum absolute atomic E-state index is 14.2. The Morgan fingerprint density at radius 1 is 1.17 bits per heavy atom. The summed E-state index contributed by atoms with van der Waals surface area (Å²) in [6.45, 7) is 1.02. The third kappa shape index (κ3) is 2.70. The summed E-state index contributed by atoms with van der Waals surface area (Å²) in [4.78, 5) is 5.19. The average Bonchev–Trinajstić information content (AvgIpc) is 3.17. The third-order valence-corrected chi connectivity index (χ3v) is 4.76. The monoisotopic (exact) mass is 328 g/mol. The summed E-state index contributed by atoms with van der Waals surface area (Å²) in [5.74, 6) is -0.888. The number of nitrogens with zero attached hydrogens (tertiary/aromatic N) is 1. The molecule has 3 nitrogen and oxygen atoms in total. The van der Waals surface area contributed by atoms with E-state index in [1.807, 2.05) is 35.4 Å². The molecule has 1 aromatic heterocycles. The van der Waals surface area contributed by atoms with E-state index in [1.165, 1.54) is 6.07 Å². The fourth-order valence-corrected chi connectivity index (χ4v) is 3.65. The average molecular weight is 328 g/mol. The van der Waals surface area contributed by atoms with Gasteiger partial charge in [0.2, 0.25) is 0 Å². The molecule has 0 saturated carbocycles. The van der Waals surface area contributed by atoms with Gasteiger partial charge in [-0.2, -0.15) is 0 Å². The van der Waals surface area contributed by atoms with Gasteiger partial charge in [-0.25, -0.2) is 8.78 Å². The van der Waals surface area contributed by atoms with Gasteiger partial charge in [0.1, 0.15) is 11.6 Å². The second-order valence-corrected chi connectivity index (χ2v) is 6.36. The quantitative estimate of drug-likeness (QED) is 0.768. The van der Waals surface area contributed by atoms with Crippen LogP contribution in [0.25, 0.3) is 10.9 Å². The van der Waals surface area contributed by atoms with Crippen molar-refractivity contribution in [3.05, 3.63) is 71.4 Å². The summed E-state index contributed by atoms with van der Waals surface area (Å²) < 4.78 is 27.8. The van der Waals surface area contributed by atoms with Crippen molar-refractivity contribution in [3.8, 4) is 0 Å². The minimum Gasteiger partial charge on any atom is -0.392 e. The van der Waals surface area contributed by atoms with Gasteiger partial charge in [-0.05, 0) is 42.3 Å². The van der Waals surface area contributed by atoms with Crippen LogP contribution in [-0.2, 0) is 6.54 Å². The van der Waals surface area contributed by atoms with Gasteiger partial charge in [-0.3, -0.25) is 4.90 Å². The van der Waals surface area contributed by atoms with Gasteiger partial charge in [0.25, 0.3) is 0 Å². The maximum Gasteiger partial charge on any atom is 0.128 e. The van der Waals surface area contributed by atoms with E-state index in [4.69, 9.17) is 0 Å². The number of H-pyrrole nitrogens is 1. The zero-order valence-corrected chi connectivity index (χ0v) is 13.0. The number of β-amino-alcohol motifs (C(OH)–C–C–N with tert-alkyl or cyclic N) is 1. The zero-order valence-electron chi connectivity index (χ0n) is 13.0. The molecule has 2 aromatic carbocycles. The van der Waals surface area contributed by atoms with E-state index < -0.39 is 17.7 Å². The van der Waals surface area contributed by atoms with Gasteiger partial charge in [0.15, 0.2) is 0 Å². The number of aromatic nitrogens is 1. The molecular formula is C19H18F2N2O. The number of hydrogen-bond acceptors (Lipinski definition) is 2. The van der Waals surface area contributed by atoms with E-state index in [2.05, 4.69) is 4.98 Å². The SMILES string of the molecule is OC1CC(c2cc(F)ccc2F)N(Cc2cccc3[nH]ccc23)C1. The molecule has 0 amide bonds. The zero-order chi connectivity index (χ0) is 16.7. The lowest BCUT2D eigenvalue weighted by Crippen LogP contribution is -2.25. The molecule has 2 unspecified atom stereocenters. The Morgan fingerprint density at radius 2 is 2.04 bits per heavy atom. The molecule has 24 heavy (non-hydrogen) atoms. The number of aliphatic hydroxyl groups excluding tert-OH is 1. The first-order valence-electron chi connectivity index (χ1n) is 8.04. The number of halogens is 2. The van der Waals surface area contributed by atoms with Crippen LogP contribution in [0.5, 0.6) is 0 Å². The van der Waals surface area contributed by atoms with Crippen molar-refractivity contribution in [2.24, 2.45) is 0 Å². The molecule has 2 heterocycles. The number of aromatic amines is 1. The Morgan fingerprint density at radius 3 is 2.92 bits per heavy atom. The molecule has 1 aliphatic heterocycles. The Labute approximate surface area is 138 Å². The lowest BCUT2D eigenvalue weighted by Gasteiger charge is -2.25. The maximum atomic E-state index is 14.2. The van der Waals surface area contributed by atoms with Crippen LogP contribution in [0, 0.1) is 11.6 Å². The predicted molar refractivity (Wildman–Crippen MR) is 88.4 cm³/mol. The third-order valence-electron chi connectivity index (χ3n) is 4.76. The largest absolute Gasteiger partial charge is 0.392 e. The van der Waals surface area contributed by atoms with E-state index in [-0.39, 0.29) is 6.04 Å². The first-order chi connectivity index (χ1) is 11.6. The Hall–Kier alpha value is -2.24. The number of fused-ring (bicyclic) bond motifs is 1. The molecule has 124 valence electrons. The van der Waals surface area contributed by atoms with Gasteiger partial charge < -0.3 is 10.1 Å². The lowest BCUT2D eigenvalue weighted by molar-refractivity contribution is 0.172. The van der Waals surface area contributed by atoms with Crippen LogP contribution in [0.4, 0.5) is 8.78 Å². The second-order valence-electron chi connectivity index (χ2n) is 6.36. The smallest absolute Gasteiger partial charge is 0.128 e. The highest BCUT2D eigenvalue weighted by molar-refractivity contribution is 5.82. The Balaban J connectivity index is 1.68. The highest BCUT2D eigenvalue weighted by Gasteiger charge is 2.34. The van der Waals surface area contributed by atoms with Crippen LogP contribution in [0.15, 0.2) is 48.7 Å². The van der Waals surface area contributed by atoms with Crippen LogP contribution >= 0.6 is 0 Å². The normalized spacial score (nSPS) is 21.6. The Kier molecular flexibility index (Phi) is 3.82. The number of rotatable bonds is 3. The molecule has 0 radical (unpaired) electrons. The highest BCUT2D eigenvalue weighted by Crippen LogP contribution is 2.35. The fraction of sp³-hybridized carbons (Fsp3) is 0.263. The van der Waals surface area contributed by atoms with Crippen LogP contribution in [0.1, 0.15) is 23.6 Å². The van der Waals surface area contributed by atoms with Crippen molar-refractivity contribution in [2.75, 3.05) is 6.54 Å². The molecule has 0 spiro atoms. The number of aliphatic hydroxyl groups is 1. The molecule has 4 rings (SSSR count). The molecule has 1 aliphatic rings. The first kappa shape index (κ1) is 15.3. The van der Waals surface area contributed by atoms with Crippen molar-refractivity contribution >= 4 is 10.9 Å². The molecule has 0 bridgehead atoms. The minimum absolute atomic E-state index is 0.313. The van der Waals surface area contributed by atoms with Crippen molar-refractivity contribution in [2.45, 2.75) is 25.1 Å². The molecule has 0 aliphatic carbocycles. The first-order valence-corrected chi connectivity index (χ1v) is 8.04. The minimum atomic E-state index is -0.539. The van der Waals surface area contributed by atoms with E-state index in [1.54, 1.807) is 0 Å². The van der Waals surface area contributed by atoms with Gasteiger partial charge in [0, 0.05) is 41.8 Å². The molecule has 2 atom stereocenters. The van der Waals surface area contributed by atoms with Crippen molar-refractivity contribution in [1.82, 2.24) is 9.88 Å². The molecular weight excluding hydrogens is 310 g/mol. The Bertz CT molecular complexity index is 877. The van der Waals surface area contributed by atoms with Crippen LogP contribution in [-0.4, -0.2) is 27.6 Å². The summed E-state index contributed by atoms with van der Waals surface area (Å²) in [5.41, 5.74) is 2.46. The molecule has 3 aromatic rings.